The summed E-state index contributed by atoms with van der Waals surface area (Å²) in [5.74, 6) is -1.67. The van der Waals surface area contributed by atoms with Crippen molar-refractivity contribution in [1.82, 2.24) is 0 Å². The molecule has 6 heteroatoms. The van der Waals surface area contributed by atoms with Gasteiger partial charge in [-0.3, -0.25) is 15.7 Å². The first-order valence-corrected chi connectivity index (χ1v) is 5.61. The number of halogens is 1. The molecule has 0 aliphatic heterocycles. The number of hydrogen-bond donors (Lipinski definition) is 2. The summed E-state index contributed by atoms with van der Waals surface area (Å²) in [6.07, 6.45) is 3.44. The quantitative estimate of drug-likeness (QED) is 0.492. The van der Waals surface area contributed by atoms with Gasteiger partial charge >= 0.3 is 0 Å². The summed E-state index contributed by atoms with van der Waals surface area (Å²) in [5, 5.41) is 14.8. The summed E-state index contributed by atoms with van der Waals surface area (Å²) in [6, 6.07) is 0. The Morgan fingerprint density at radius 2 is 1.25 bits per heavy atom. The van der Waals surface area contributed by atoms with Gasteiger partial charge in [-0.15, -0.1) is 6.92 Å². The third-order valence-corrected chi connectivity index (χ3v) is 2.56. The van der Waals surface area contributed by atoms with E-state index in [1.807, 2.05) is 0 Å². The van der Waals surface area contributed by atoms with Gasteiger partial charge in [0.1, 0.15) is 0 Å². The zero-order chi connectivity index (χ0) is 15.1. The van der Waals surface area contributed by atoms with Gasteiger partial charge in [-0.2, -0.15) is 11.1 Å². The molecule has 20 heavy (non-hydrogen) atoms. The predicted octanol–water partition coefficient (Wildman–Crippen LogP) is 0.295. The second-order valence-corrected chi connectivity index (χ2v) is 4.66. The maximum Gasteiger partial charge on any atom is 0.300 e. The number of rotatable bonds is 0. The van der Waals surface area contributed by atoms with Gasteiger partial charge < -0.3 is 22.6 Å². The van der Waals surface area contributed by atoms with Crippen LogP contribution in [0.1, 0.15) is 48.5 Å². The smallest absolute Gasteiger partial charge is 0.300 e. The Morgan fingerprint density at radius 3 is 1.30 bits per heavy atom. The molecular weight excluding hydrogens is 315 g/mol. The van der Waals surface area contributed by atoms with Crippen LogP contribution in [0.4, 0.5) is 0 Å². The van der Waals surface area contributed by atoms with E-state index in [4.69, 9.17) is 19.8 Å². The van der Waals surface area contributed by atoms with E-state index in [0.717, 1.165) is 13.8 Å². The molecule has 0 aromatic carbocycles. The maximum atomic E-state index is 9.00. The van der Waals surface area contributed by atoms with Gasteiger partial charge in [0.05, 0.1) is 0 Å². The van der Waals surface area contributed by atoms with Crippen molar-refractivity contribution in [2.45, 2.75) is 48.5 Å². The number of carboxylic acid groups (broad SMARTS) is 2. The molecule has 0 atom stereocenters. The van der Waals surface area contributed by atoms with E-state index in [2.05, 4.69) is 40.7 Å². The maximum absolute atomic E-state index is 9.00. The van der Waals surface area contributed by atoms with Crippen molar-refractivity contribution in [3.05, 3.63) is 22.8 Å². The van der Waals surface area contributed by atoms with Crippen LogP contribution in [-0.2, 0) is 31.3 Å². The van der Waals surface area contributed by atoms with Crippen LogP contribution in [0, 0.1) is 11.5 Å². The molecule has 0 aromatic rings. The topological polar surface area (TPSA) is 74.6 Å². The monoisotopic (exact) mass is 338 g/mol. The Bertz CT molecular complexity index is 365. The van der Waals surface area contributed by atoms with Crippen LogP contribution >= 0.6 is 0 Å². The summed E-state index contributed by atoms with van der Waals surface area (Å²) in [5.41, 5.74) is 4.39. The standard InChI is InChI=1S/C10H15.2C2H4O2.ClH.Ti/c1-7-6-10(4,5)9(3)8(7)2;2*1-2(3)4;;/h1-5H3;2*1H3,(H,3,4);1H;/q-1;;;;/p-1. The molecule has 0 saturated heterocycles. The summed E-state index contributed by atoms with van der Waals surface area (Å²) in [7, 11) is 0. The first kappa shape index (κ1) is 27.7. The van der Waals surface area contributed by atoms with Crippen LogP contribution < -0.4 is 12.4 Å². The molecule has 116 valence electrons. The molecule has 0 spiro atoms. The van der Waals surface area contributed by atoms with E-state index in [0.29, 0.717) is 0 Å². The predicted molar refractivity (Wildman–Crippen MR) is 71.2 cm³/mol. The Balaban J connectivity index is -0.000000110. The number of aliphatic carboxylic acids is 2. The van der Waals surface area contributed by atoms with Crippen LogP contribution in [0.2, 0.25) is 0 Å². The zero-order valence-electron chi connectivity index (χ0n) is 13.1. The number of hydrogen-bond acceptors (Lipinski definition) is 2. The van der Waals surface area contributed by atoms with E-state index in [1.54, 1.807) is 0 Å². The van der Waals surface area contributed by atoms with Gasteiger partial charge in [0.2, 0.25) is 0 Å². The second-order valence-electron chi connectivity index (χ2n) is 4.66. The van der Waals surface area contributed by atoms with Gasteiger partial charge in [0.15, 0.2) is 0 Å². The van der Waals surface area contributed by atoms with Gasteiger partial charge in [0, 0.05) is 35.6 Å². The molecule has 1 rings (SSSR count). The van der Waals surface area contributed by atoms with Crippen molar-refractivity contribution in [1.29, 1.82) is 0 Å². The van der Waals surface area contributed by atoms with Crippen LogP contribution in [-0.4, -0.2) is 22.2 Å². The van der Waals surface area contributed by atoms with Crippen molar-refractivity contribution < 1.29 is 53.9 Å². The molecule has 2 N–H and O–H groups in total. The largest absolute Gasteiger partial charge is 1.00 e. The average Bonchev–Trinajstić information content (AvgIpc) is 2.27. The van der Waals surface area contributed by atoms with Crippen molar-refractivity contribution in [3.63, 3.8) is 0 Å². The molecule has 1 aliphatic rings. The van der Waals surface area contributed by atoms with E-state index in [1.165, 1.54) is 16.7 Å². The third-order valence-electron chi connectivity index (χ3n) is 2.56. The fourth-order valence-corrected chi connectivity index (χ4v) is 1.41. The Labute approximate surface area is 142 Å². The van der Waals surface area contributed by atoms with E-state index in [9.17, 15) is 0 Å². The molecule has 4 nitrogen and oxygen atoms in total. The van der Waals surface area contributed by atoms with Gasteiger partial charge in [-0.1, -0.05) is 33.1 Å². The molecule has 0 fully saturated rings. The molecule has 0 amide bonds. The Hall–Kier alpha value is -0.576. The molecule has 0 aromatic heterocycles. The summed E-state index contributed by atoms with van der Waals surface area (Å²) < 4.78 is 0. The minimum absolute atomic E-state index is 0. The summed E-state index contributed by atoms with van der Waals surface area (Å²) >= 11 is 0. The molecule has 0 saturated carbocycles. The van der Waals surface area contributed by atoms with Crippen LogP contribution in [0.15, 0.2) is 16.7 Å². The fourth-order valence-electron chi connectivity index (χ4n) is 1.41. The normalized spacial score (nSPS) is 14.2. The van der Waals surface area contributed by atoms with Crippen molar-refractivity contribution in [2.24, 2.45) is 5.41 Å². The molecule has 0 radical (unpaired) electrons. The van der Waals surface area contributed by atoms with E-state index >= 15 is 0 Å². The summed E-state index contributed by atoms with van der Waals surface area (Å²) in [4.78, 5) is 18.0. The summed E-state index contributed by atoms with van der Waals surface area (Å²) in [6.45, 7) is 13.1. The zero-order valence-corrected chi connectivity index (χ0v) is 15.4. The number of allylic oxidation sites excluding steroid dienone is 4. The number of carboxylic acids is 2. The van der Waals surface area contributed by atoms with Crippen molar-refractivity contribution in [3.8, 4) is 0 Å². The van der Waals surface area contributed by atoms with Crippen LogP contribution in [0.25, 0.3) is 0 Å². The molecular formula is C14H23ClO4Ti-2. The van der Waals surface area contributed by atoms with Crippen LogP contribution in [0.3, 0.4) is 0 Å². The second kappa shape index (κ2) is 12.2. The minimum atomic E-state index is -0.833. The molecule has 1 aliphatic carbocycles. The first-order valence-electron chi connectivity index (χ1n) is 5.61. The first-order chi connectivity index (χ1) is 7.91. The number of carbonyl (C=O) groups is 2. The molecule has 0 heterocycles. The SMILES string of the molecule is CC(=O)O.CC(=O)O.CC1=[C-]C(C)(C)C(C)=C1C.[Cl-].[Ti]. The van der Waals surface area contributed by atoms with E-state index < -0.39 is 11.9 Å². The van der Waals surface area contributed by atoms with Gasteiger partial charge in [0.25, 0.3) is 11.9 Å². The third kappa shape index (κ3) is 13.8. The van der Waals surface area contributed by atoms with Crippen LogP contribution in [0.5, 0.6) is 0 Å². The van der Waals surface area contributed by atoms with Crippen molar-refractivity contribution in [2.75, 3.05) is 0 Å². The fraction of sp³-hybridized carbons (Fsp3) is 0.571. The molecule has 0 bridgehead atoms. The minimum Gasteiger partial charge on any atom is -1.00 e. The average molecular weight is 339 g/mol. The van der Waals surface area contributed by atoms with Crippen molar-refractivity contribution >= 4 is 11.9 Å². The Kier molecular flexibility index (Phi) is 16.9. The van der Waals surface area contributed by atoms with E-state index in [-0.39, 0.29) is 39.5 Å². The van der Waals surface area contributed by atoms with Gasteiger partial charge in [-0.05, 0) is 0 Å². The van der Waals surface area contributed by atoms with Gasteiger partial charge in [-0.25, -0.2) is 5.57 Å². The molecule has 0 unspecified atom stereocenters. The Morgan fingerprint density at radius 1 is 1.00 bits per heavy atom.